The van der Waals surface area contributed by atoms with Gasteiger partial charge in [-0.05, 0) is 13.0 Å². The minimum absolute atomic E-state index is 0.657. The lowest BCUT2D eigenvalue weighted by molar-refractivity contribution is 1.21. The van der Waals surface area contributed by atoms with Gasteiger partial charge >= 0.3 is 0 Å². The zero-order chi connectivity index (χ0) is 7.40. The number of hydrogen-bond donors (Lipinski definition) is 1. The van der Waals surface area contributed by atoms with Gasteiger partial charge in [0.2, 0.25) is 0 Å². The van der Waals surface area contributed by atoms with E-state index in [-0.39, 0.29) is 0 Å². The first-order valence-corrected chi connectivity index (χ1v) is 3.62. The number of rotatable bonds is 2. The van der Waals surface area contributed by atoms with Gasteiger partial charge in [0.15, 0.2) is 0 Å². The van der Waals surface area contributed by atoms with Crippen LogP contribution in [-0.2, 0) is 0 Å². The van der Waals surface area contributed by atoms with Crippen molar-refractivity contribution < 1.29 is 0 Å². The van der Waals surface area contributed by atoms with Gasteiger partial charge in [0.25, 0.3) is 0 Å². The molecule has 2 heteroatoms. The highest BCUT2D eigenvalue weighted by Crippen LogP contribution is 2.18. The van der Waals surface area contributed by atoms with Crippen molar-refractivity contribution in [3.8, 4) is 0 Å². The van der Waals surface area contributed by atoms with E-state index in [1.807, 2.05) is 19.1 Å². The summed E-state index contributed by atoms with van der Waals surface area (Å²) in [5, 5.41) is 3.77. The molecule has 10 heavy (non-hydrogen) atoms. The van der Waals surface area contributed by atoms with Crippen LogP contribution in [0, 0.1) is 6.07 Å². The maximum Gasteiger partial charge on any atom is 0.0716 e. The highest BCUT2D eigenvalue weighted by atomic mass is 35.5. The Morgan fingerprint density at radius 2 is 2.50 bits per heavy atom. The Hall–Kier alpha value is -0.690. The molecule has 0 aliphatic rings. The second-order valence-corrected chi connectivity index (χ2v) is 2.31. The van der Waals surface area contributed by atoms with Crippen LogP contribution in [0.25, 0.3) is 0 Å². The molecule has 1 N–H and O–H groups in total. The molecule has 0 saturated heterocycles. The van der Waals surface area contributed by atoms with Crippen LogP contribution >= 0.6 is 11.6 Å². The smallest absolute Gasteiger partial charge is 0.0716 e. The van der Waals surface area contributed by atoms with E-state index in [0.717, 1.165) is 12.2 Å². The summed E-state index contributed by atoms with van der Waals surface area (Å²) in [6.45, 7) is 2.92. The Labute approximate surface area is 66.0 Å². The molecule has 0 heterocycles. The SMILES string of the molecule is CCNc1ccc[c]c1Cl. The molecule has 0 spiro atoms. The minimum atomic E-state index is 0.657. The van der Waals surface area contributed by atoms with Crippen LogP contribution in [0.1, 0.15) is 6.92 Å². The lowest BCUT2D eigenvalue weighted by Gasteiger charge is -2.02. The van der Waals surface area contributed by atoms with Crippen molar-refractivity contribution in [2.75, 3.05) is 11.9 Å². The maximum absolute atomic E-state index is 5.78. The van der Waals surface area contributed by atoms with E-state index >= 15 is 0 Å². The molecule has 1 aromatic rings. The summed E-state index contributed by atoms with van der Waals surface area (Å²) in [7, 11) is 0. The van der Waals surface area contributed by atoms with Crippen LogP contribution in [0.3, 0.4) is 0 Å². The molecule has 0 unspecified atom stereocenters. The third kappa shape index (κ3) is 1.64. The fourth-order valence-corrected chi connectivity index (χ4v) is 0.936. The molecule has 0 aliphatic heterocycles. The molecular weight excluding hydrogens is 146 g/mol. The van der Waals surface area contributed by atoms with E-state index in [9.17, 15) is 0 Å². The van der Waals surface area contributed by atoms with E-state index in [2.05, 4.69) is 11.4 Å². The Balaban J connectivity index is 2.81. The van der Waals surface area contributed by atoms with Gasteiger partial charge in [0, 0.05) is 12.6 Å². The standard InChI is InChI=1S/C8H9ClN/c1-2-10-8-6-4-3-5-7(8)9/h3-4,6,10H,2H2,1H3. The molecule has 1 rings (SSSR count). The zero-order valence-electron chi connectivity index (χ0n) is 5.82. The molecule has 1 aromatic carbocycles. The predicted octanol–water partition coefficient (Wildman–Crippen LogP) is 2.57. The summed E-state index contributed by atoms with van der Waals surface area (Å²) >= 11 is 5.78. The molecule has 0 fully saturated rings. The Morgan fingerprint density at radius 3 is 3.10 bits per heavy atom. The first-order chi connectivity index (χ1) is 4.84. The normalized spacial score (nSPS) is 9.40. The first kappa shape index (κ1) is 7.42. The second kappa shape index (κ2) is 3.47. The Bertz CT molecular complexity index is 210. The lowest BCUT2D eigenvalue weighted by Crippen LogP contribution is -1.96. The van der Waals surface area contributed by atoms with Gasteiger partial charge in [-0.25, -0.2) is 0 Å². The lowest BCUT2D eigenvalue weighted by atomic mass is 10.3. The zero-order valence-corrected chi connectivity index (χ0v) is 6.57. The molecule has 1 nitrogen and oxygen atoms in total. The molecule has 0 atom stereocenters. The number of anilines is 1. The van der Waals surface area contributed by atoms with Crippen LogP contribution in [0.15, 0.2) is 18.2 Å². The highest BCUT2D eigenvalue weighted by Gasteiger charge is 1.93. The van der Waals surface area contributed by atoms with Crippen LogP contribution < -0.4 is 5.32 Å². The second-order valence-electron chi connectivity index (χ2n) is 1.93. The van der Waals surface area contributed by atoms with Crippen molar-refractivity contribution in [3.05, 3.63) is 29.3 Å². The van der Waals surface area contributed by atoms with Crippen molar-refractivity contribution in [2.24, 2.45) is 0 Å². The average Bonchev–Trinajstić information content (AvgIpc) is 1.94. The summed E-state index contributed by atoms with van der Waals surface area (Å²) in [6.07, 6.45) is 0. The van der Waals surface area contributed by atoms with Gasteiger partial charge in [-0.2, -0.15) is 0 Å². The third-order valence-electron chi connectivity index (χ3n) is 1.17. The third-order valence-corrected chi connectivity index (χ3v) is 1.49. The van der Waals surface area contributed by atoms with E-state index in [1.54, 1.807) is 6.07 Å². The summed E-state index contributed by atoms with van der Waals surface area (Å²) in [4.78, 5) is 0. The predicted molar refractivity (Wildman–Crippen MR) is 44.5 cm³/mol. The molecule has 1 radical (unpaired) electrons. The maximum atomic E-state index is 5.78. The van der Waals surface area contributed by atoms with Gasteiger partial charge < -0.3 is 5.32 Å². The number of halogens is 1. The van der Waals surface area contributed by atoms with Crippen LogP contribution in [0.5, 0.6) is 0 Å². The van der Waals surface area contributed by atoms with E-state index in [0.29, 0.717) is 5.02 Å². The average molecular weight is 155 g/mol. The van der Waals surface area contributed by atoms with Gasteiger partial charge in [0.05, 0.1) is 10.7 Å². The molecule has 0 bridgehead atoms. The number of benzene rings is 1. The molecule has 0 aliphatic carbocycles. The van der Waals surface area contributed by atoms with Crippen molar-refractivity contribution >= 4 is 17.3 Å². The summed E-state index contributed by atoms with van der Waals surface area (Å²) in [5.41, 5.74) is 0.951. The minimum Gasteiger partial charge on any atom is -0.384 e. The first-order valence-electron chi connectivity index (χ1n) is 3.24. The number of hydrogen-bond acceptors (Lipinski definition) is 1. The van der Waals surface area contributed by atoms with Crippen LogP contribution in [-0.4, -0.2) is 6.54 Å². The summed E-state index contributed by atoms with van der Waals surface area (Å²) in [6, 6.07) is 8.52. The fourth-order valence-electron chi connectivity index (χ4n) is 0.744. The monoisotopic (exact) mass is 154 g/mol. The molecule has 0 saturated carbocycles. The van der Waals surface area contributed by atoms with Crippen molar-refractivity contribution in [1.82, 2.24) is 0 Å². The molecule has 0 amide bonds. The topological polar surface area (TPSA) is 12.0 Å². The van der Waals surface area contributed by atoms with E-state index < -0.39 is 0 Å². The van der Waals surface area contributed by atoms with Gasteiger partial charge in [0.1, 0.15) is 0 Å². The summed E-state index contributed by atoms with van der Waals surface area (Å²) < 4.78 is 0. The van der Waals surface area contributed by atoms with Crippen LogP contribution in [0.4, 0.5) is 5.69 Å². The van der Waals surface area contributed by atoms with Crippen molar-refractivity contribution in [2.45, 2.75) is 6.92 Å². The fraction of sp³-hybridized carbons (Fsp3) is 0.250. The quantitative estimate of drug-likeness (QED) is 0.691. The number of nitrogens with one attached hydrogen (secondary N) is 1. The molecule has 53 valence electrons. The van der Waals surface area contributed by atoms with Gasteiger partial charge in [-0.1, -0.05) is 23.7 Å². The Morgan fingerprint density at radius 1 is 1.70 bits per heavy atom. The van der Waals surface area contributed by atoms with Crippen molar-refractivity contribution in [1.29, 1.82) is 0 Å². The van der Waals surface area contributed by atoms with E-state index in [4.69, 9.17) is 11.6 Å². The molecular formula is C8H9ClN. The molecule has 0 aromatic heterocycles. The van der Waals surface area contributed by atoms with Gasteiger partial charge in [-0.3, -0.25) is 0 Å². The Kier molecular flexibility index (Phi) is 2.57. The summed E-state index contributed by atoms with van der Waals surface area (Å²) in [5.74, 6) is 0. The van der Waals surface area contributed by atoms with Crippen molar-refractivity contribution in [3.63, 3.8) is 0 Å². The van der Waals surface area contributed by atoms with Gasteiger partial charge in [-0.15, -0.1) is 0 Å². The van der Waals surface area contributed by atoms with E-state index in [1.165, 1.54) is 0 Å². The largest absolute Gasteiger partial charge is 0.384 e. The highest BCUT2D eigenvalue weighted by molar-refractivity contribution is 6.33. The van der Waals surface area contributed by atoms with Crippen LogP contribution in [0.2, 0.25) is 5.02 Å².